The van der Waals surface area contributed by atoms with Gasteiger partial charge in [0, 0.05) is 15.8 Å². The van der Waals surface area contributed by atoms with E-state index in [1.54, 1.807) is 0 Å². The fourth-order valence-corrected chi connectivity index (χ4v) is 4.21. The van der Waals surface area contributed by atoms with Crippen molar-refractivity contribution in [2.75, 3.05) is 18.1 Å². The number of hydrogen-bond donors (Lipinski definition) is 0. The molecule has 0 atom stereocenters. The van der Waals surface area contributed by atoms with Crippen LogP contribution in [0.2, 0.25) is 0 Å². The highest BCUT2D eigenvalue weighted by Crippen LogP contribution is 2.44. The van der Waals surface area contributed by atoms with Gasteiger partial charge >= 0.3 is 0 Å². The number of aryl methyl sites for hydroxylation is 1. The monoisotopic (exact) mass is 435 g/mol. The van der Waals surface area contributed by atoms with Crippen LogP contribution in [0.25, 0.3) is 0 Å². The van der Waals surface area contributed by atoms with Crippen LogP contribution in [0.15, 0.2) is 42.5 Å². The summed E-state index contributed by atoms with van der Waals surface area (Å²) in [6.45, 7) is 7.80. The third-order valence-electron chi connectivity index (χ3n) is 4.55. The molecular weight excluding hydrogens is 413 g/mol. The summed E-state index contributed by atoms with van der Waals surface area (Å²) in [5.41, 5.74) is 4.05. The van der Waals surface area contributed by atoms with Crippen molar-refractivity contribution >= 4 is 34.2 Å². The number of carbonyl (C=O) groups is 1. The molecule has 0 radical (unpaired) electrons. The third kappa shape index (κ3) is 3.22. The molecule has 4 heteroatoms. The van der Waals surface area contributed by atoms with Crippen LogP contribution in [-0.2, 0) is 21.6 Å². The van der Waals surface area contributed by atoms with E-state index in [0.29, 0.717) is 19.8 Å². The largest absolute Gasteiger partial charge is 0.375 e. The highest BCUT2D eigenvalue weighted by molar-refractivity contribution is 14.1. The van der Waals surface area contributed by atoms with Gasteiger partial charge in [-0.2, -0.15) is 0 Å². The molecule has 1 amide bonds. The van der Waals surface area contributed by atoms with Gasteiger partial charge in [0.25, 0.3) is 0 Å². The first-order chi connectivity index (χ1) is 11.4. The van der Waals surface area contributed by atoms with E-state index in [0.717, 1.165) is 20.4 Å². The fraction of sp³-hybridized carbons (Fsp3) is 0.350. The van der Waals surface area contributed by atoms with Crippen molar-refractivity contribution in [1.82, 2.24) is 0 Å². The van der Waals surface area contributed by atoms with Gasteiger partial charge in [-0.25, -0.2) is 0 Å². The topological polar surface area (TPSA) is 29.5 Å². The quantitative estimate of drug-likeness (QED) is 0.514. The summed E-state index contributed by atoms with van der Waals surface area (Å²) < 4.78 is 6.93. The Labute approximate surface area is 157 Å². The molecule has 0 saturated heterocycles. The molecule has 2 aromatic carbocycles. The first-order valence-electron chi connectivity index (χ1n) is 8.15. The smallest absolute Gasteiger partial charge is 0.237 e. The normalized spacial score (nSPS) is 15.7. The van der Waals surface area contributed by atoms with Crippen LogP contribution >= 0.6 is 22.6 Å². The Kier molecular flexibility index (Phi) is 4.97. The van der Waals surface area contributed by atoms with Gasteiger partial charge in [0.15, 0.2) is 0 Å². The average molecular weight is 435 g/mol. The predicted molar refractivity (Wildman–Crippen MR) is 105 cm³/mol. The van der Waals surface area contributed by atoms with Crippen LogP contribution in [0, 0.1) is 10.5 Å². The molecular formula is C20H22INO2. The van der Waals surface area contributed by atoms with Gasteiger partial charge in [-0.1, -0.05) is 30.3 Å². The Hall–Kier alpha value is -1.40. The molecule has 3 nitrogen and oxygen atoms in total. The van der Waals surface area contributed by atoms with E-state index < -0.39 is 5.41 Å². The van der Waals surface area contributed by atoms with Crippen molar-refractivity contribution in [3.8, 4) is 0 Å². The zero-order valence-corrected chi connectivity index (χ0v) is 16.5. The maximum atomic E-state index is 12.9. The standard InChI is InChI=1S/C20H22INO2/c1-14-11-16(21)12-17-18(14)20(2,3)19(23)22(17)9-10-24-13-15-7-5-4-6-8-15/h4-8,11-12H,9-10,13H2,1-3H3. The predicted octanol–water partition coefficient (Wildman–Crippen LogP) is 4.44. The lowest BCUT2D eigenvalue weighted by Crippen LogP contribution is -2.38. The molecule has 126 valence electrons. The van der Waals surface area contributed by atoms with Gasteiger partial charge in [-0.15, -0.1) is 0 Å². The Morgan fingerprint density at radius 3 is 2.58 bits per heavy atom. The van der Waals surface area contributed by atoms with E-state index in [-0.39, 0.29) is 5.91 Å². The minimum atomic E-state index is -0.469. The first kappa shape index (κ1) is 17.4. The van der Waals surface area contributed by atoms with Gasteiger partial charge < -0.3 is 9.64 Å². The van der Waals surface area contributed by atoms with E-state index in [4.69, 9.17) is 4.74 Å². The molecule has 24 heavy (non-hydrogen) atoms. The number of carbonyl (C=O) groups excluding carboxylic acids is 1. The third-order valence-corrected chi connectivity index (χ3v) is 5.17. The molecule has 2 aromatic rings. The molecule has 1 aliphatic heterocycles. The average Bonchev–Trinajstić information content (AvgIpc) is 2.72. The summed E-state index contributed by atoms with van der Waals surface area (Å²) in [6.07, 6.45) is 0. The van der Waals surface area contributed by atoms with Crippen LogP contribution in [0.5, 0.6) is 0 Å². The lowest BCUT2D eigenvalue weighted by Gasteiger charge is -2.20. The van der Waals surface area contributed by atoms with Gasteiger partial charge in [0.1, 0.15) is 0 Å². The molecule has 0 fully saturated rings. The van der Waals surface area contributed by atoms with Crippen LogP contribution in [-0.4, -0.2) is 19.1 Å². The van der Waals surface area contributed by atoms with Gasteiger partial charge in [0.05, 0.1) is 18.6 Å². The molecule has 3 rings (SSSR count). The van der Waals surface area contributed by atoms with E-state index >= 15 is 0 Å². The number of anilines is 1. The SMILES string of the molecule is Cc1cc(I)cc2c1C(C)(C)C(=O)N2CCOCc1ccccc1. The number of amides is 1. The van der Waals surface area contributed by atoms with Crippen molar-refractivity contribution in [2.45, 2.75) is 32.8 Å². The second-order valence-corrected chi connectivity index (χ2v) is 7.98. The molecule has 0 spiro atoms. The number of ether oxygens (including phenoxy) is 1. The zero-order chi connectivity index (χ0) is 17.3. The Morgan fingerprint density at radius 2 is 1.88 bits per heavy atom. The Balaban J connectivity index is 1.72. The van der Waals surface area contributed by atoms with E-state index in [2.05, 4.69) is 41.6 Å². The van der Waals surface area contributed by atoms with Gasteiger partial charge in [-0.05, 0) is 72.2 Å². The number of hydrogen-bond acceptors (Lipinski definition) is 2. The summed E-state index contributed by atoms with van der Waals surface area (Å²) in [4.78, 5) is 14.8. The maximum absolute atomic E-state index is 12.9. The highest BCUT2D eigenvalue weighted by atomic mass is 127. The van der Waals surface area contributed by atoms with Crippen LogP contribution in [0.1, 0.15) is 30.5 Å². The van der Waals surface area contributed by atoms with Gasteiger partial charge in [0.2, 0.25) is 5.91 Å². The fourth-order valence-electron chi connectivity index (χ4n) is 3.45. The first-order valence-corrected chi connectivity index (χ1v) is 9.23. The van der Waals surface area contributed by atoms with Crippen LogP contribution in [0.3, 0.4) is 0 Å². The van der Waals surface area contributed by atoms with Crippen molar-refractivity contribution < 1.29 is 9.53 Å². The Bertz CT molecular complexity index is 756. The highest BCUT2D eigenvalue weighted by Gasteiger charge is 2.44. The zero-order valence-electron chi connectivity index (χ0n) is 14.3. The maximum Gasteiger partial charge on any atom is 0.237 e. The minimum absolute atomic E-state index is 0.158. The molecule has 1 aliphatic rings. The number of benzene rings is 2. The Morgan fingerprint density at radius 1 is 1.17 bits per heavy atom. The van der Waals surface area contributed by atoms with E-state index in [1.807, 2.05) is 49.1 Å². The van der Waals surface area contributed by atoms with Crippen molar-refractivity contribution in [3.05, 3.63) is 62.7 Å². The minimum Gasteiger partial charge on any atom is -0.375 e. The van der Waals surface area contributed by atoms with Crippen molar-refractivity contribution in [2.24, 2.45) is 0 Å². The second-order valence-electron chi connectivity index (χ2n) is 6.74. The second kappa shape index (κ2) is 6.84. The molecule has 0 bridgehead atoms. The summed E-state index contributed by atoms with van der Waals surface area (Å²) in [5, 5.41) is 0. The molecule has 0 saturated carbocycles. The molecule has 1 heterocycles. The summed E-state index contributed by atoms with van der Waals surface area (Å²) >= 11 is 2.31. The number of halogens is 1. The molecule has 0 aliphatic carbocycles. The van der Waals surface area contributed by atoms with Crippen molar-refractivity contribution in [3.63, 3.8) is 0 Å². The number of rotatable bonds is 5. The van der Waals surface area contributed by atoms with Gasteiger partial charge in [-0.3, -0.25) is 4.79 Å². The lowest BCUT2D eigenvalue weighted by atomic mass is 9.83. The van der Waals surface area contributed by atoms with E-state index in [9.17, 15) is 4.79 Å². The molecule has 0 N–H and O–H groups in total. The summed E-state index contributed by atoms with van der Waals surface area (Å²) in [5.74, 6) is 0.158. The number of fused-ring (bicyclic) bond motifs is 1. The van der Waals surface area contributed by atoms with Crippen molar-refractivity contribution in [1.29, 1.82) is 0 Å². The number of nitrogens with zero attached hydrogens (tertiary/aromatic N) is 1. The van der Waals surface area contributed by atoms with E-state index in [1.165, 1.54) is 5.56 Å². The molecule has 0 unspecified atom stereocenters. The molecule has 0 aromatic heterocycles. The van der Waals surface area contributed by atoms with Crippen LogP contribution < -0.4 is 4.90 Å². The summed E-state index contributed by atoms with van der Waals surface area (Å²) in [7, 11) is 0. The summed E-state index contributed by atoms with van der Waals surface area (Å²) in [6, 6.07) is 14.3. The lowest BCUT2D eigenvalue weighted by molar-refractivity contribution is -0.122. The van der Waals surface area contributed by atoms with Crippen LogP contribution in [0.4, 0.5) is 5.69 Å².